The maximum Gasteiger partial charge on any atom is 0.416 e. The molecule has 1 aliphatic heterocycles. The van der Waals surface area contributed by atoms with Crippen LogP contribution in [0.2, 0.25) is 0 Å². The lowest BCUT2D eigenvalue weighted by molar-refractivity contribution is -0.138. The summed E-state index contributed by atoms with van der Waals surface area (Å²) in [5, 5.41) is 2.54. The number of morpholine rings is 1. The molecule has 25 heavy (non-hydrogen) atoms. The summed E-state index contributed by atoms with van der Waals surface area (Å²) in [5.41, 5.74) is -0.135. The van der Waals surface area contributed by atoms with Gasteiger partial charge in [0.15, 0.2) is 0 Å². The molecule has 1 heterocycles. The normalized spacial score (nSPS) is 15.3. The molecular weight excluding hydrogens is 337 g/mol. The second kappa shape index (κ2) is 9.05. The number of nitrogens with one attached hydrogen (secondary N) is 1. The number of halogens is 3. The average molecular weight is 360 g/mol. The van der Waals surface area contributed by atoms with Gasteiger partial charge in [-0.25, -0.2) is 0 Å². The minimum atomic E-state index is -4.47. The molecule has 0 spiro atoms. The molecular formula is C17H23F3N2O3. The van der Waals surface area contributed by atoms with Crippen LogP contribution in [0.5, 0.6) is 0 Å². The van der Waals surface area contributed by atoms with Crippen LogP contribution in [0.4, 0.5) is 18.9 Å². The van der Waals surface area contributed by atoms with E-state index in [4.69, 9.17) is 9.47 Å². The van der Waals surface area contributed by atoms with Gasteiger partial charge in [-0.15, -0.1) is 0 Å². The van der Waals surface area contributed by atoms with Crippen molar-refractivity contribution >= 4 is 11.6 Å². The molecule has 0 saturated carbocycles. The van der Waals surface area contributed by atoms with E-state index in [-0.39, 0.29) is 24.4 Å². The van der Waals surface area contributed by atoms with Crippen LogP contribution >= 0.6 is 0 Å². The fraction of sp³-hybridized carbons (Fsp3) is 0.588. The van der Waals surface area contributed by atoms with Crippen LogP contribution in [0.3, 0.4) is 0 Å². The number of nitrogens with zero attached hydrogens (tertiary/aromatic N) is 1. The lowest BCUT2D eigenvalue weighted by Crippen LogP contribution is -2.36. The molecule has 8 heteroatoms. The number of rotatable bonds is 7. The van der Waals surface area contributed by atoms with Gasteiger partial charge in [0.05, 0.1) is 18.8 Å². The van der Waals surface area contributed by atoms with Crippen LogP contribution in [-0.2, 0) is 27.0 Å². The van der Waals surface area contributed by atoms with Gasteiger partial charge in [-0.05, 0) is 24.1 Å². The molecule has 1 aromatic rings. The van der Waals surface area contributed by atoms with Crippen LogP contribution < -0.4 is 10.2 Å². The van der Waals surface area contributed by atoms with Crippen molar-refractivity contribution in [2.24, 2.45) is 0 Å². The topological polar surface area (TPSA) is 50.8 Å². The Hall–Kier alpha value is -1.80. The smallest absolute Gasteiger partial charge is 0.385 e. The number of ether oxygens (including phenoxy) is 2. The summed E-state index contributed by atoms with van der Waals surface area (Å²) in [6, 6.07) is 4.24. The highest BCUT2D eigenvalue weighted by molar-refractivity contribution is 5.75. The van der Waals surface area contributed by atoms with E-state index in [2.05, 4.69) is 5.32 Å². The molecule has 0 unspecified atom stereocenters. The molecule has 1 saturated heterocycles. The van der Waals surface area contributed by atoms with Gasteiger partial charge in [0.25, 0.3) is 0 Å². The Kier molecular flexibility index (Phi) is 7.07. The fourth-order valence-corrected chi connectivity index (χ4v) is 2.66. The maximum atomic E-state index is 13.4. The minimum Gasteiger partial charge on any atom is -0.385 e. The Bertz CT molecular complexity index is 573. The number of carbonyl (C=O) groups is 1. The Balaban J connectivity index is 2.07. The Labute approximate surface area is 145 Å². The van der Waals surface area contributed by atoms with Gasteiger partial charge < -0.3 is 19.7 Å². The van der Waals surface area contributed by atoms with Crippen molar-refractivity contribution in [2.45, 2.75) is 25.6 Å². The number of carbonyl (C=O) groups excluding carboxylic acids is 1. The first-order chi connectivity index (χ1) is 11.9. The van der Waals surface area contributed by atoms with Crippen LogP contribution in [0.15, 0.2) is 18.2 Å². The molecule has 1 amide bonds. The number of anilines is 1. The largest absolute Gasteiger partial charge is 0.416 e. The van der Waals surface area contributed by atoms with Crippen LogP contribution in [0.25, 0.3) is 0 Å². The number of benzene rings is 1. The van der Waals surface area contributed by atoms with Crippen molar-refractivity contribution in [1.29, 1.82) is 0 Å². The third-order valence-corrected chi connectivity index (χ3v) is 4.00. The molecule has 0 atom stereocenters. The van der Waals surface area contributed by atoms with Crippen molar-refractivity contribution in [2.75, 3.05) is 44.9 Å². The number of amides is 1. The van der Waals surface area contributed by atoms with Crippen molar-refractivity contribution in [3.05, 3.63) is 29.3 Å². The predicted octanol–water partition coefficient (Wildman–Crippen LogP) is 2.58. The third-order valence-electron chi connectivity index (χ3n) is 4.00. The number of alkyl halides is 3. The van der Waals surface area contributed by atoms with E-state index in [9.17, 15) is 18.0 Å². The van der Waals surface area contributed by atoms with Crippen LogP contribution in [0.1, 0.15) is 24.0 Å². The molecule has 5 nitrogen and oxygen atoms in total. The number of hydrogen-bond donors (Lipinski definition) is 1. The van der Waals surface area contributed by atoms with Crippen molar-refractivity contribution in [1.82, 2.24) is 5.32 Å². The summed E-state index contributed by atoms with van der Waals surface area (Å²) in [6.07, 6.45) is -3.72. The highest BCUT2D eigenvalue weighted by Crippen LogP contribution is 2.35. The zero-order valence-corrected chi connectivity index (χ0v) is 14.2. The SMILES string of the molecule is COCCCC(=O)NCc1ccc(N2CCOCC2)cc1C(F)(F)F. The van der Waals surface area contributed by atoms with E-state index in [1.807, 2.05) is 4.90 Å². The van der Waals surface area contributed by atoms with Gasteiger partial charge >= 0.3 is 6.18 Å². The minimum absolute atomic E-state index is 0.0598. The van der Waals surface area contributed by atoms with E-state index in [0.29, 0.717) is 45.0 Å². The van der Waals surface area contributed by atoms with E-state index in [1.165, 1.54) is 13.2 Å². The molecule has 2 rings (SSSR count). The van der Waals surface area contributed by atoms with E-state index >= 15 is 0 Å². The molecule has 1 aromatic carbocycles. The number of methoxy groups -OCH3 is 1. The summed E-state index contributed by atoms with van der Waals surface area (Å²) in [7, 11) is 1.53. The van der Waals surface area contributed by atoms with Gasteiger partial charge in [-0.1, -0.05) is 6.07 Å². The Morgan fingerprint density at radius 3 is 2.68 bits per heavy atom. The standard InChI is InChI=1S/C17H23F3N2O3/c1-24-8-2-3-16(23)21-12-13-4-5-14(11-15(13)17(18,19)20)22-6-9-25-10-7-22/h4-5,11H,2-3,6-10,12H2,1H3,(H,21,23). The third kappa shape index (κ3) is 5.89. The Morgan fingerprint density at radius 2 is 2.04 bits per heavy atom. The molecule has 1 aliphatic rings. The quantitative estimate of drug-likeness (QED) is 0.760. The van der Waals surface area contributed by atoms with Crippen molar-refractivity contribution in [3.63, 3.8) is 0 Å². The van der Waals surface area contributed by atoms with Gasteiger partial charge in [0.1, 0.15) is 0 Å². The molecule has 140 valence electrons. The first-order valence-electron chi connectivity index (χ1n) is 8.20. The average Bonchev–Trinajstić information content (AvgIpc) is 2.60. The fourth-order valence-electron chi connectivity index (χ4n) is 2.66. The van der Waals surface area contributed by atoms with E-state index in [0.717, 1.165) is 6.07 Å². The van der Waals surface area contributed by atoms with Gasteiger partial charge in [0, 0.05) is 45.5 Å². The second-order valence-corrected chi connectivity index (χ2v) is 5.81. The van der Waals surface area contributed by atoms with Gasteiger partial charge in [-0.2, -0.15) is 13.2 Å². The highest BCUT2D eigenvalue weighted by atomic mass is 19.4. The van der Waals surface area contributed by atoms with E-state index in [1.54, 1.807) is 6.07 Å². The van der Waals surface area contributed by atoms with Crippen molar-refractivity contribution in [3.8, 4) is 0 Å². The zero-order chi connectivity index (χ0) is 18.3. The van der Waals surface area contributed by atoms with Gasteiger partial charge in [-0.3, -0.25) is 4.79 Å². The zero-order valence-electron chi connectivity index (χ0n) is 14.2. The van der Waals surface area contributed by atoms with Crippen molar-refractivity contribution < 1.29 is 27.4 Å². The maximum absolute atomic E-state index is 13.4. The molecule has 1 fully saturated rings. The lowest BCUT2D eigenvalue weighted by atomic mass is 10.0. The first-order valence-corrected chi connectivity index (χ1v) is 8.20. The van der Waals surface area contributed by atoms with E-state index < -0.39 is 11.7 Å². The monoisotopic (exact) mass is 360 g/mol. The molecule has 0 aliphatic carbocycles. The summed E-state index contributed by atoms with van der Waals surface area (Å²) < 4.78 is 50.3. The molecule has 0 aromatic heterocycles. The Morgan fingerprint density at radius 1 is 1.32 bits per heavy atom. The van der Waals surface area contributed by atoms with Crippen LogP contribution in [-0.4, -0.2) is 45.9 Å². The van der Waals surface area contributed by atoms with Gasteiger partial charge in [0.2, 0.25) is 5.91 Å². The molecule has 1 N–H and O–H groups in total. The van der Waals surface area contributed by atoms with Crippen LogP contribution in [0, 0.1) is 0 Å². The summed E-state index contributed by atoms with van der Waals surface area (Å²) >= 11 is 0. The second-order valence-electron chi connectivity index (χ2n) is 5.81. The predicted molar refractivity (Wildman–Crippen MR) is 87.4 cm³/mol. The lowest BCUT2D eigenvalue weighted by Gasteiger charge is -2.29. The number of hydrogen-bond acceptors (Lipinski definition) is 4. The summed E-state index contributed by atoms with van der Waals surface area (Å²) in [4.78, 5) is 13.6. The molecule has 0 bridgehead atoms. The highest BCUT2D eigenvalue weighted by Gasteiger charge is 2.34. The summed E-state index contributed by atoms with van der Waals surface area (Å²) in [6.45, 7) is 2.42. The summed E-state index contributed by atoms with van der Waals surface area (Å²) in [5.74, 6) is -0.289. The molecule has 0 radical (unpaired) electrons. The first kappa shape index (κ1) is 19.5.